The lowest BCUT2D eigenvalue weighted by Gasteiger charge is -1.99. The zero-order chi connectivity index (χ0) is 17.2. The number of aliphatic hydroxyl groups excluding tert-OH is 1. The molecule has 0 saturated heterocycles. The van der Waals surface area contributed by atoms with Crippen LogP contribution in [0.5, 0.6) is 0 Å². The normalized spacial score (nSPS) is 13.8. The fraction of sp³-hybridized carbons (Fsp3) is 0.550. The molecule has 0 amide bonds. The highest BCUT2D eigenvalue weighted by molar-refractivity contribution is 5.66. The van der Waals surface area contributed by atoms with E-state index in [0.29, 0.717) is 12.8 Å². The Balaban J connectivity index is 3.62. The van der Waals surface area contributed by atoms with Crippen LogP contribution in [0.3, 0.4) is 0 Å². The third-order valence-electron chi connectivity index (χ3n) is 3.30. The van der Waals surface area contributed by atoms with Crippen molar-refractivity contribution in [2.45, 2.75) is 70.8 Å². The Morgan fingerprint density at radius 2 is 1.70 bits per heavy atom. The van der Waals surface area contributed by atoms with Gasteiger partial charge in [0.05, 0.1) is 6.10 Å². The van der Waals surface area contributed by atoms with E-state index in [9.17, 15) is 9.90 Å². The fourth-order valence-electron chi connectivity index (χ4n) is 1.96. The van der Waals surface area contributed by atoms with Crippen LogP contribution in [0, 0.1) is 0 Å². The molecule has 0 saturated carbocycles. The van der Waals surface area contributed by atoms with Gasteiger partial charge in [-0.05, 0) is 38.5 Å². The van der Waals surface area contributed by atoms with E-state index in [1.165, 1.54) is 19.3 Å². The number of hydrogen-bond donors (Lipinski definition) is 2. The molecular weight excluding hydrogens is 288 g/mol. The summed E-state index contributed by atoms with van der Waals surface area (Å²) in [7, 11) is 0. The highest BCUT2D eigenvalue weighted by Crippen LogP contribution is 2.02. The number of rotatable bonds is 14. The number of carboxylic acids is 1. The van der Waals surface area contributed by atoms with Crippen LogP contribution in [-0.4, -0.2) is 22.3 Å². The summed E-state index contributed by atoms with van der Waals surface area (Å²) in [5.41, 5.74) is 0. The summed E-state index contributed by atoms with van der Waals surface area (Å²) >= 11 is 0. The third-order valence-corrected chi connectivity index (χ3v) is 3.30. The van der Waals surface area contributed by atoms with Crippen molar-refractivity contribution in [2.24, 2.45) is 0 Å². The van der Waals surface area contributed by atoms with Crippen molar-refractivity contribution >= 4 is 5.97 Å². The Kier molecular flexibility index (Phi) is 15.6. The van der Waals surface area contributed by atoms with Crippen LogP contribution in [0.4, 0.5) is 0 Å². The highest BCUT2D eigenvalue weighted by Gasteiger charge is 1.93. The Labute approximate surface area is 141 Å². The van der Waals surface area contributed by atoms with Crippen molar-refractivity contribution in [3.8, 4) is 0 Å². The van der Waals surface area contributed by atoms with Crippen molar-refractivity contribution < 1.29 is 15.0 Å². The van der Waals surface area contributed by atoms with Crippen molar-refractivity contribution in [1.29, 1.82) is 0 Å². The maximum Gasteiger partial charge on any atom is 0.303 e. The molecule has 0 heterocycles. The van der Waals surface area contributed by atoms with Gasteiger partial charge in [0.25, 0.3) is 0 Å². The SMILES string of the molecule is CCCCC/C=C\C[C@@H](O)/C=C\C=C/C/C=C\CCCC(=O)O. The first-order valence-electron chi connectivity index (χ1n) is 8.70. The fourth-order valence-corrected chi connectivity index (χ4v) is 1.96. The number of aliphatic hydroxyl groups is 1. The lowest BCUT2D eigenvalue weighted by atomic mass is 10.1. The molecule has 0 fully saturated rings. The topological polar surface area (TPSA) is 57.5 Å². The van der Waals surface area contributed by atoms with Gasteiger partial charge in [-0.1, -0.05) is 68.4 Å². The monoisotopic (exact) mass is 320 g/mol. The van der Waals surface area contributed by atoms with Gasteiger partial charge in [-0.25, -0.2) is 0 Å². The first kappa shape index (κ1) is 21.4. The van der Waals surface area contributed by atoms with E-state index in [1.54, 1.807) is 6.08 Å². The largest absolute Gasteiger partial charge is 0.481 e. The molecule has 0 aliphatic rings. The van der Waals surface area contributed by atoms with Gasteiger partial charge in [-0.2, -0.15) is 0 Å². The predicted octanol–water partition coefficient (Wildman–Crippen LogP) is 5.19. The van der Waals surface area contributed by atoms with Crippen LogP contribution in [0.2, 0.25) is 0 Å². The lowest BCUT2D eigenvalue weighted by molar-refractivity contribution is -0.137. The third kappa shape index (κ3) is 18.3. The molecule has 3 heteroatoms. The summed E-state index contributed by atoms with van der Waals surface area (Å²) in [6.07, 6.45) is 23.5. The molecular formula is C20H32O3. The first-order chi connectivity index (χ1) is 11.2. The minimum absolute atomic E-state index is 0.230. The molecule has 1 atom stereocenters. The van der Waals surface area contributed by atoms with E-state index in [4.69, 9.17) is 5.11 Å². The van der Waals surface area contributed by atoms with E-state index in [1.807, 2.05) is 36.5 Å². The molecule has 3 nitrogen and oxygen atoms in total. The smallest absolute Gasteiger partial charge is 0.303 e. The van der Waals surface area contributed by atoms with Crippen LogP contribution in [0.15, 0.2) is 48.6 Å². The van der Waals surface area contributed by atoms with Crippen LogP contribution in [0.25, 0.3) is 0 Å². The molecule has 0 aliphatic heterocycles. The summed E-state index contributed by atoms with van der Waals surface area (Å²) in [5.74, 6) is -0.738. The minimum Gasteiger partial charge on any atom is -0.481 e. The molecule has 0 aromatic heterocycles. The van der Waals surface area contributed by atoms with Crippen molar-refractivity contribution in [3.05, 3.63) is 48.6 Å². The molecule has 130 valence electrons. The number of carbonyl (C=O) groups is 1. The molecule has 0 aromatic carbocycles. The van der Waals surface area contributed by atoms with E-state index in [0.717, 1.165) is 19.3 Å². The zero-order valence-corrected chi connectivity index (χ0v) is 14.4. The minimum atomic E-state index is -0.738. The number of aliphatic carboxylic acids is 1. The predicted molar refractivity (Wildman–Crippen MR) is 97.4 cm³/mol. The van der Waals surface area contributed by atoms with Crippen molar-refractivity contribution in [3.63, 3.8) is 0 Å². The van der Waals surface area contributed by atoms with Crippen LogP contribution in [-0.2, 0) is 4.79 Å². The number of carboxylic acid groups (broad SMARTS) is 1. The Hall–Kier alpha value is -1.61. The quantitative estimate of drug-likeness (QED) is 0.263. The molecule has 0 aliphatic carbocycles. The summed E-state index contributed by atoms with van der Waals surface area (Å²) in [6.45, 7) is 2.20. The standard InChI is InChI=1S/C20H32O3/c1-2-3-4-5-10-13-16-19(21)17-14-11-8-6-7-9-12-15-18-20(22)23/h7-11,13-14,17,19,21H,2-6,12,15-16,18H2,1H3,(H,22,23)/b9-7-,11-8-,13-10-,17-14-/t19-/m1/s1. The van der Waals surface area contributed by atoms with E-state index in [-0.39, 0.29) is 6.42 Å². The average Bonchev–Trinajstić information content (AvgIpc) is 2.52. The van der Waals surface area contributed by atoms with Gasteiger partial charge in [0.2, 0.25) is 0 Å². The molecule has 2 N–H and O–H groups in total. The van der Waals surface area contributed by atoms with Crippen molar-refractivity contribution in [2.75, 3.05) is 0 Å². The van der Waals surface area contributed by atoms with Crippen LogP contribution >= 0.6 is 0 Å². The van der Waals surface area contributed by atoms with Crippen LogP contribution < -0.4 is 0 Å². The Morgan fingerprint density at radius 1 is 0.957 bits per heavy atom. The molecule has 0 rings (SSSR count). The lowest BCUT2D eigenvalue weighted by Crippen LogP contribution is -1.98. The Morgan fingerprint density at radius 3 is 2.43 bits per heavy atom. The maximum atomic E-state index is 10.3. The van der Waals surface area contributed by atoms with E-state index < -0.39 is 12.1 Å². The first-order valence-corrected chi connectivity index (χ1v) is 8.70. The number of hydrogen-bond acceptors (Lipinski definition) is 2. The number of unbranched alkanes of at least 4 members (excludes halogenated alkanes) is 4. The zero-order valence-electron chi connectivity index (χ0n) is 14.4. The second-order valence-corrected chi connectivity index (χ2v) is 5.58. The summed E-state index contributed by atoms with van der Waals surface area (Å²) in [6, 6.07) is 0. The van der Waals surface area contributed by atoms with Crippen LogP contribution in [0.1, 0.15) is 64.7 Å². The molecule has 23 heavy (non-hydrogen) atoms. The molecule has 0 bridgehead atoms. The summed E-state index contributed by atoms with van der Waals surface area (Å²) in [5, 5.41) is 18.3. The highest BCUT2D eigenvalue weighted by atomic mass is 16.4. The van der Waals surface area contributed by atoms with Gasteiger partial charge >= 0.3 is 5.97 Å². The number of allylic oxidation sites excluding steroid dienone is 6. The van der Waals surface area contributed by atoms with Gasteiger partial charge in [-0.3, -0.25) is 4.79 Å². The van der Waals surface area contributed by atoms with Gasteiger partial charge in [-0.15, -0.1) is 0 Å². The van der Waals surface area contributed by atoms with E-state index >= 15 is 0 Å². The maximum absolute atomic E-state index is 10.3. The second kappa shape index (κ2) is 16.8. The van der Waals surface area contributed by atoms with Gasteiger partial charge in [0, 0.05) is 6.42 Å². The molecule has 0 spiro atoms. The average molecular weight is 320 g/mol. The Bertz CT molecular complexity index is 392. The second-order valence-electron chi connectivity index (χ2n) is 5.58. The van der Waals surface area contributed by atoms with Gasteiger partial charge in [0.1, 0.15) is 0 Å². The van der Waals surface area contributed by atoms with Crippen molar-refractivity contribution in [1.82, 2.24) is 0 Å². The van der Waals surface area contributed by atoms with E-state index in [2.05, 4.69) is 13.0 Å². The summed E-state index contributed by atoms with van der Waals surface area (Å²) < 4.78 is 0. The van der Waals surface area contributed by atoms with Gasteiger partial charge < -0.3 is 10.2 Å². The molecule has 0 radical (unpaired) electrons. The molecule has 0 unspecified atom stereocenters. The van der Waals surface area contributed by atoms with Gasteiger partial charge in [0.15, 0.2) is 0 Å². The molecule has 0 aromatic rings. The summed E-state index contributed by atoms with van der Waals surface area (Å²) in [4.78, 5) is 10.3.